The quantitative estimate of drug-likeness (QED) is 0.139. The van der Waals surface area contributed by atoms with Crippen LogP contribution in [0.5, 0.6) is 0 Å². The molecular formula is C32H46N6O. The van der Waals surface area contributed by atoms with E-state index in [1.165, 1.54) is 0 Å². The number of benzene rings is 2. The molecule has 1 heterocycles. The average molecular weight is 531 g/mol. The van der Waals surface area contributed by atoms with E-state index >= 15 is 0 Å². The fourth-order valence-electron chi connectivity index (χ4n) is 5.36. The van der Waals surface area contributed by atoms with Crippen molar-refractivity contribution in [2.75, 3.05) is 39.3 Å². The van der Waals surface area contributed by atoms with Gasteiger partial charge in [0.1, 0.15) is 23.2 Å². The van der Waals surface area contributed by atoms with Crippen LogP contribution in [0, 0.1) is 10.8 Å². The fraction of sp³-hybridized carbons (Fsp3) is 0.438. The maximum atomic E-state index is 8.35. The van der Waals surface area contributed by atoms with Crippen molar-refractivity contribution >= 4 is 11.7 Å². The summed E-state index contributed by atoms with van der Waals surface area (Å²) in [6.45, 7) is 14.9. The number of nitrogens with one attached hydrogen (secondary N) is 2. The van der Waals surface area contributed by atoms with Crippen molar-refractivity contribution in [2.24, 2.45) is 11.5 Å². The van der Waals surface area contributed by atoms with Crippen molar-refractivity contribution in [1.82, 2.24) is 9.80 Å². The highest BCUT2D eigenvalue weighted by Crippen LogP contribution is 2.34. The summed E-state index contributed by atoms with van der Waals surface area (Å²) in [7, 11) is 0. The molecule has 0 aliphatic rings. The lowest BCUT2D eigenvalue weighted by molar-refractivity contribution is 0.300. The minimum atomic E-state index is 0.0426. The number of nitrogens with two attached hydrogens (primary N) is 2. The van der Waals surface area contributed by atoms with Gasteiger partial charge in [-0.25, -0.2) is 0 Å². The van der Waals surface area contributed by atoms with Crippen LogP contribution in [-0.4, -0.2) is 60.7 Å². The molecule has 0 bridgehead atoms. The van der Waals surface area contributed by atoms with E-state index in [1.807, 2.05) is 36.4 Å². The second-order valence-corrected chi connectivity index (χ2v) is 9.93. The van der Waals surface area contributed by atoms with Gasteiger partial charge < -0.3 is 25.7 Å². The molecule has 0 radical (unpaired) electrons. The number of aryl methyl sites for hydroxylation is 2. The average Bonchev–Trinajstić information content (AvgIpc) is 3.43. The van der Waals surface area contributed by atoms with Crippen LogP contribution in [0.2, 0.25) is 0 Å². The Balaban J connectivity index is 1.91. The fourth-order valence-corrected chi connectivity index (χ4v) is 5.36. The van der Waals surface area contributed by atoms with Gasteiger partial charge in [-0.05, 0) is 88.2 Å². The van der Waals surface area contributed by atoms with E-state index in [0.717, 1.165) is 98.3 Å². The predicted molar refractivity (Wildman–Crippen MR) is 164 cm³/mol. The summed E-state index contributed by atoms with van der Waals surface area (Å²) in [6.07, 6.45) is 3.68. The zero-order chi connectivity index (χ0) is 28.4. The maximum absolute atomic E-state index is 8.35. The van der Waals surface area contributed by atoms with E-state index in [9.17, 15) is 0 Å². The number of rotatable bonds is 16. The standard InChI is InChI=1S/C32H46N6O/c1-5-37(6-2)21-11-15-23-13-9-17-25(29(23)31(33)34)27-19-20-28(39-27)26-18-10-14-24(30(26)32(35)36)16-12-22-38(7-3)8-4/h9-10,13-14,17-20H,5-8,11-12,15-16,21-22H2,1-4H3,(H3,33,34)(H3,35,36). The lowest BCUT2D eigenvalue weighted by Gasteiger charge is -2.19. The van der Waals surface area contributed by atoms with Crippen LogP contribution in [0.1, 0.15) is 62.8 Å². The Kier molecular flexibility index (Phi) is 11.3. The van der Waals surface area contributed by atoms with Gasteiger partial charge in [-0.2, -0.15) is 0 Å². The van der Waals surface area contributed by atoms with Gasteiger partial charge in [0.2, 0.25) is 0 Å². The van der Waals surface area contributed by atoms with Gasteiger partial charge in [-0.15, -0.1) is 0 Å². The van der Waals surface area contributed by atoms with Crippen LogP contribution >= 0.6 is 0 Å². The first kappa shape index (κ1) is 30.1. The Labute approximate surface area is 234 Å². The van der Waals surface area contributed by atoms with Gasteiger partial charge in [0.05, 0.1) is 0 Å². The molecule has 6 N–H and O–H groups in total. The molecule has 0 fully saturated rings. The lowest BCUT2D eigenvalue weighted by Crippen LogP contribution is -2.24. The van der Waals surface area contributed by atoms with Crippen LogP contribution in [-0.2, 0) is 12.8 Å². The highest BCUT2D eigenvalue weighted by atomic mass is 16.3. The minimum Gasteiger partial charge on any atom is -0.456 e. The van der Waals surface area contributed by atoms with Crippen molar-refractivity contribution in [3.05, 3.63) is 70.8 Å². The molecular weight excluding hydrogens is 484 g/mol. The molecule has 0 saturated carbocycles. The van der Waals surface area contributed by atoms with Crippen LogP contribution in [0.3, 0.4) is 0 Å². The second kappa shape index (κ2) is 14.7. The molecule has 2 aromatic carbocycles. The SMILES string of the molecule is CCN(CC)CCCc1cccc(-c2ccc(-c3cccc(CCCN(CC)CC)c3C(=N)N)o2)c1C(=N)N. The highest BCUT2D eigenvalue weighted by molar-refractivity contribution is 6.03. The van der Waals surface area contributed by atoms with Crippen molar-refractivity contribution in [3.63, 3.8) is 0 Å². The Morgan fingerprint density at radius 1 is 0.641 bits per heavy atom. The molecule has 0 unspecified atom stereocenters. The molecule has 39 heavy (non-hydrogen) atoms. The van der Waals surface area contributed by atoms with Gasteiger partial charge in [0, 0.05) is 22.3 Å². The molecule has 0 atom stereocenters. The van der Waals surface area contributed by atoms with Crippen molar-refractivity contribution in [2.45, 2.75) is 53.4 Å². The Bertz CT molecular complexity index is 1150. The Hall–Kier alpha value is -3.42. The third-order valence-electron chi connectivity index (χ3n) is 7.61. The molecule has 1 aromatic heterocycles. The molecule has 210 valence electrons. The van der Waals surface area contributed by atoms with E-state index in [-0.39, 0.29) is 11.7 Å². The number of amidine groups is 2. The molecule has 0 aliphatic carbocycles. The number of furan rings is 1. The first-order chi connectivity index (χ1) is 18.8. The summed E-state index contributed by atoms with van der Waals surface area (Å²) in [5.41, 5.74) is 17.4. The van der Waals surface area contributed by atoms with Gasteiger partial charge in [-0.1, -0.05) is 64.1 Å². The molecule has 7 nitrogen and oxygen atoms in total. The maximum Gasteiger partial charge on any atom is 0.135 e. The number of nitrogens with zero attached hydrogens (tertiary/aromatic N) is 2. The van der Waals surface area contributed by atoms with E-state index in [0.29, 0.717) is 11.5 Å². The van der Waals surface area contributed by atoms with Gasteiger partial charge in [-0.3, -0.25) is 10.8 Å². The number of nitrogen functional groups attached to an aromatic ring is 2. The van der Waals surface area contributed by atoms with Crippen LogP contribution in [0.4, 0.5) is 0 Å². The molecule has 0 spiro atoms. The van der Waals surface area contributed by atoms with E-state index in [1.54, 1.807) is 0 Å². The van der Waals surface area contributed by atoms with E-state index < -0.39 is 0 Å². The third kappa shape index (κ3) is 7.58. The monoisotopic (exact) mass is 530 g/mol. The van der Waals surface area contributed by atoms with E-state index in [2.05, 4.69) is 49.6 Å². The van der Waals surface area contributed by atoms with Crippen LogP contribution in [0.15, 0.2) is 52.9 Å². The van der Waals surface area contributed by atoms with Gasteiger partial charge in [0.25, 0.3) is 0 Å². The normalized spacial score (nSPS) is 11.4. The van der Waals surface area contributed by atoms with Crippen LogP contribution in [0.25, 0.3) is 22.6 Å². The van der Waals surface area contributed by atoms with Gasteiger partial charge >= 0.3 is 0 Å². The Morgan fingerprint density at radius 2 is 1.03 bits per heavy atom. The first-order valence-corrected chi connectivity index (χ1v) is 14.3. The van der Waals surface area contributed by atoms with Crippen LogP contribution < -0.4 is 11.5 Å². The lowest BCUT2D eigenvalue weighted by atomic mass is 9.95. The summed E-state index contributed by atoms with van der Waals surface area (Å²) in [6, 6.07) is 15.9. The molecule has 0 aliphatic heterocycles. The van der Waals surface area contributed by atoms with E-state index in [4.69, 9.17) is 26.7 Å². The summed E-state index contributed by atoms with van der Waals surface area (Å²) >= 11 is 0. The zero-order valence-electron chi connectivity index (χ0n) is 24.1. The summed E-state index contributed by atoms with van der Waals surface area (Å²) in [5, 5.41) is 16.7. The topological polar surface area (TPSA) is 119 Å². The molecule has 7 heteroatoms. The highest BCUT2D eigenvalue weighted by Gasteiger charge is 2.19. The number of hydrogen-bond donors (Lipinski definition) is 4. The molecule has 3 rings (SSSR count). The molecule has 0 amide bonds. The van der Waals surface area contributed by atoms with Crippen molar-refractivity contribution < 1.29 is 4.42 Å². The Morgan fingerprint density at radius 3 is 1.36 bits per heavy atom. The molecule has 3 aromatic rings. The smallest absolute Gasteiger partial charge is 0.135 e. The van der Waals surface area contributed by atoms with Crippen molar-refractivity contribution in [3.8, 4) is 22.6 Å². The summed E-state index contributed by atoms with van der Waals surface area (Å²) < 4.78 is 6.38. The van der Waals surface area contributed by atoms with Gasteiger partial charge in [0.15, 0.2) is 0 Å². The zero-order valence-corrected chi connectivity index (χ0v) is 24.1. The summed E-state index contributed by atoms with van der Waals surface area (Å²) in [4.78, 5) is 4.81. The second-order valence-electron chi connectivity index (χ2n) is 9.93. The predicted octanol–water partition coefficient (Wildman–Crippen LogP) is 5.73. The minimum absolute atomic E-state index is 0.0426. The molecule has 0 saturated heterocycles. The van der Waals surface area contributed by atoms with Crippen molar-refractivity contribution in [1.29, 1.82) is 10.8 Å². The number of hydrogen-bond acceptors (Lipinski definition) is 5. The summed E-state index contributed by atoms with van der Waals surface area (Å²) in [5.74, 6) is 1.39. The first-order valence-electron chi connectivity index (χ1n) is 14.3. The third-order valence-corrected chi connectivity index (χ3v) is 7.61. The largest absolute Gasteiger partial charge is 0.456 e.